The van der Waals surface area contributed by atoms with Crippen LogP contribution in [0.4, 0.5) is 0 Å². The first-order chi connectivity index (χ1) is 3.60. The second-order valence-electron chi connectivity index (χ2n) is 3.36. The summed E-state index contributed by atoms with van der Waals surface area (Å²) in [4.78, 5) is 0. The molecule has 1 aliphatic rings. The summed E-state index contributed by atoms with van der Waals surface area (Å²) in [6.07, 6.45) is 0. The van der Waals surface area contributed by atoms with Crippen LogP contribution in [0.1, 0.15) is 13.8 Å². The van der Waals surface area contributed by atoms with Gasteiger partial charge in [0.25, 0.3) is 0 Å². The highest BCUT2D eigenvalue weighted by molar-refractivity contribution is 4.78. The van der Waals surface area contributed by atoms with Gasteiger partial charge in [0, 0.05) is 20.1 Å². The molecule has 1 rings (SSSR count). The molecule has 8 heavy (non-hydrogen) atoms. The molecule has 1 aliphatic heterocycles. The molecule has 0 aromatic heterocycles. The maximum Gasteiger partial charge on any atom is 0.0191 e. The molecule has 0 amide bonds. The lowest BCUT2D eigenvalue weighted by Gasteiger charge is -2.13. The van der Waals surface area contributed by atoms with Crippen LogP contribution in [0.3, 0.4) is 0 Å². The van der Waals surface area contributed by atoms with E-state index >= 15 is 0 Å². The van der Waals surface area contributed by atoms with Gasteiger partial charge in [0.2, 0.25) is 0 Å². The Kier molecular flexibility index (Phi) is 1.29. The molecule has 1 fully saturated rings. The second kappa shape index (κ2) is 1.71. The van der Waals surface area contributed by atoms with Crippen LogP contribution >= 0.6 is 0 Å². The molecule has 0 aliphatic carbocycles. The van der Waals surface area contributed by atoms with E-state index in [9.17, 15) is 0 Å². The number of hydrogen-bond acceptors (Lipinski definition) is 2. The summed E-state index contributed by atoms with van der Waals surface area (Å²) in [7, 11) is 2.08. The minimum Gasteiger partial charge on any atom is -0.255 e. The van der Waals surface area contributed by atoms with Gasteiger partial charge in [-0.3, -0.25) is 5.43 Å². The van der Waals surface area contributed by atoms with Crippen LogP contribution < -0.4 is 5.43 Å². The van der Waals surface area contributed by atoms with Gasteiger partial charge in [-0.05, 0) is 5.41 Å². The van der Waals surface area contributed by atoms with Crippen molar-refractivity contribution in [1.82, 2.24) is 10.4 Å². The van der Waals surface area contributed by atoms with Gasteiger partial charge in [-0.25, -0.2) is 5.01 Å². The molecule has 0 saturated carbocycles. The standard InChI is InChI=1S/C6H14N2/c1-6(2)4-7-8(3)5-6/h7H,4-5H2,1-3H3. The Morgan fingerprint density at radius 2 is 2.12 bits per heavy atom. The highest BCUT2D eigenvalue weighted by Crippen LogP contribution is 2.18. The normalized spacial score (nSPS) is 28.9. The van der Waals surface area contributed by atoms with Crippen molar-refractivity contribution in [1.29, 1.82) is 0 Å². The molecule has 1 N–H and O–H groups in total. The van der Waals surface area contributed by atoms with E-state index in [4.69, 9.17) is 0 Å². The lowest BCUT2D eigenvalue weighted by molar-refractivity contribution is 0.294. The van der Waals surface area contributed by atoms with Crippen LogP contribution in [-0.4, -0.2) is 25.1 Å². The van der Waals surface area contributed by atoms with Crippen LogP contribution in [0.2, 0.25) is 0 Å². The van der Waals surface area contributed by atoms with Crippen LogP contribution in [0.5, 0.6) is 0 Å². The van der Waals surface area contributed by atoms with Crippen LogP contribution in [0, 0.1) is 5.41 Å². The van der Waals surface area contributed by atoms with Crippen molar-refractivity contribution in [3.63, 3.8) is 0 Å². The minimum absolute atomic E-state index is 0.481. The van der Waals surface area contributed by atoms with Crippen molar-refractivity contribution in [2.45, 2.75) is 13.8 Å². The topological polar surface area (TPSA) is 15.3 Å². The maximum absolute atomic E-state index is 3.24. The summed E-state index contributed by atoms with van der Waals surface area (Å²) in [6, 6.07) is 0. The van der Waals surface area contributed by atoms with Gasteiger partial charge in [-0.1, -0.05) is 13.8 Å². The third-order valence-electron chi connectivity index (χ3n) is 1.49. The zero-order chi connectivity index (χ0) is 6.20. The Hall–Kier alpha value is -0.0800. The molecule has 0 aromatic rings. The van der Waals surface area contributed by atoms with Crippen molar-refractivity contribution in [2.24, 2.45) is 5.41 Å². The molecule has 0 unspecified atom stereocenters. The Labute approximate surface area is 50.8 Å². The molecule has 2 heteroatoms. The average molecular weight is 114 g/mol. The van der Waals surface area contributed by atoms with Crippen molar-refractivity contribution < 1.29 is 0 Å². The number of nitrogens with zero attached hydrogens (tertiary/aromatic N) is 1. The molecule has 0 spiro atoms. The van der Waals surface area contributed by atoms with E-state index in [0.29, 0.717) is 5.41 Å². The monoisotopic (exact) mass is 114 g/mol. The lowest BCUT2D eigenvalue weighted by Crippen LogP contribution is -2.25. The summed E-state index contributed by atoms with van der Waals surface area (Å²) in [6.45, 7) is 6.81. The number of nitrogens with one attached hydrogen (secondary N) is 1. The molecule has 0 radical (unpaired) electrons. The predicted octanol–water partition coefficient (Wildman–Crippen LogP) is 0.463. The van der Waals surface area contributed by atoms with Crippen molar-refractivity contribution in [2.75, 3.05) is 20.1 Å². The van der Waals surface area contributed by atoms with E-state index < -0.39 is 0 Å². The van der Waals surface area contributed by atoms with Gasteiger partial charge in [0.05, 0.1) is 0 Å². The van der Waals surface area contributed by atoms with Gasteiger partial charge < -0.3 is 0 Å². The lowest BCUT2D eigenvalue weighted by atomic mass is 9.96. The summed E-state index contributed by atoms with van der Waals surface area (Å²) in [5, 5.41) is 2.14. The molecule has 0 atom stereocenters. The van der Waals surface area contributed by atoms with E-state index in [1.807, 2.05) is 0 Å². The Morgan fingerprint density at radius 1 is 1.50 bits per heavy atom. The summed E-state index contributed by atoms with van der Waals surface area (Å²) < 4.78 is 0. The Bertz CT molecular complexity index is 88.5. The number of hydrogen-bond donors (Lipinski definition) is 1. The third-order valence-corrected chi connectivity index (χ3v) is 1.49. The van der Waals surface area contributed by atoms with Crippen LogP contribution in [0.15, 0.2) is 0 Å². The first-order valence-corrected chi connectivity index (χ1v) is 3.05. The van der Waals surface area contributed by atoms with Crippen LogP contribution in [-0.2, 0) is 0 Å². The average Bonchev–Trinajstić information content (AvgIpc) is 1.82. The fourth-order valence-corrected chi connectivity index (χ4v) is 1.10. The molecule has 1 saturated heterocycles. The quantitative estimate of drug-likeness (QED) is 0.492. The molecule has 1 heterocycles. The van der Waals surface area contributed by atoms with Crippen molar-refractivity contribution in [3.05, 3.63) is 0 Å². The summed E-state index contributed by atoms with van der Waals surface area (Å²) >= 11 is 0. The molecule has 0 bridgehead atoms. The Morgan fingerprint density at radius 3 is 2.25 bits per heavy atom. The molecule has 2 nitrogen and oxygen atoms in total. The smallest absolute Gasteiger partial charge is 0.0191 e. The third kappa shape index (κ3) is 1.20. The van der Waals surface area contributed by atoms with Gasteiger partial charge in [0.15, 0.2) is 0 Å². The number of rotatable bonds is 0. The SMILES string of the molecule is CN1CC(C)(C)CN1. The zero-order valence-corrected chi connectivity index (χ0v) is 5.86. The summed E-state index contributed by atoms with van der Waals surface area (Å²) in [5.41, 5.74) is 3.72. The van der Waals surface area contributed by atoms with E-state index in [1.165, 1.54) is 0 Å². The highest BCUT2D eigenvalue weighted by Gasteiger charge is 2.25. The first-order valence-electron chi connectivity index (χ1n) is 3.05. The molecule has 48 valence electrons. The van der Waals surface area contributed by atoms with E-state index in [1.54, 1.807) is 0 Å². The molecule has 0 aromatic carbocycles. The van der Waals surface area contributed by atoms with Crippen LogP contribution in [0.25, 0.3) is 0 Å². The van der Waals surface area contributed by atoms with Gasteiger partial charge in [-0.15, -0.1) is 0 Å². The fourth-order valence-electron chi connectivity index (χ4n) is 1.10. The minimum atomic E-state index is 0.481. The van der Waals surface area contributed by atoms with Gasteiger partial charge in [0.1, 0.15) is 0 Å². The Balaban J connectivity index is 2.44. The summed E-state index contributed by atoms with van der Waals surface area (Å²) in [5.74, 6) is 0. The predicted molar refractivity (Wildman–Crippen MR) is 34.4 cm³/mol. The first kappa shape index (κ1) is 6.05. The number of hydrazine groups is 1. The van der Waals surface area contributed by atoms with Crippen molar-refractivity contribution >= 4 is 0 Å². The maximum atomic E-state index is 3.24. The largest absolute Gasteiger partial charge is 0.255 e. The highest BCUT2D eigenvalue weighted by atomic mass is 15.5. The molecular formula is C6H14N2. The molecular weight excluding hydrogens is 100 g/mol. The van der Waals surface area contributed by atoms with Crippen molar-refractivity contribution in [3.8, 4) is 0 Å². The van der Waals surface area contributed by atoms with Gasteiger partial charge >= 0.3 is 0 Å². The van der Waals surface area contributed by atoms with E-state index in [-0.39, 0.29) is 0 Å². The second-order valence-corrected chi connectivity index (χ2v) is 3.36. The zero-order valence-electron chi connectivity index (χ0n) is 5.86. The van der Waals surface area contributed by atoms with E-state index in [2.05, 4.69) is 31.3 Å². The van der Waals surface area contributed by atoms with Gasteiger partial charge in [-0.2, -0.15) is 0 Å². The van der Waals surface area contributed by atoms with E-state index in [0.717, 1.165) is 13.1 Å². The fraction of sp³-hybridized carbons (Fsp3) is 1.00.